The second kappa shape index (κ2) is 13.4. The zero-order valence-corrected chi connectivity index (χ0v) is 23.6. The molecule has 198 valence electrons. The van der Waals surface area contributed by atoms with Crippen molar-refractivity contribution in [2.75, 3.05) is 56.5 Å². The van der Waals surface area contributed by atoms with E-state index >= 15 is 0 Å². The van der Waals surface area contributed by atoms with Crippen LogP contribution >= 0.6 is 23.2 Å². The second-order valence-corrected chi connectivity index (χ2v) is 10.6. The van der Waals surface area contributed by atoms with E-state index in [-0.39, 0.29) is 0 Å². The summed E-state index contributed by atoms with van der Waals surface area (Å²) in [5.41, 5.74) is 3.70. The van der Waals surface area contributed by atoms with Crippen LogP contribution in [0.25, 0.3) is 11.3 Å². The molecule has 37 heavy (non-hydrogen) atoms. The van der Waals surface area contributed by atoms with Gasteiger partial charge in [0.2, 0.25) is 5.95 Å². The van der Waals surface area contributed by atoms with Crippen LogP contribution < -0.4 is 10.2 Å². The number of nitrogens with one attached hydrogen (secondary N) is 1. The number of hydrogen-bond acceptors (Lipinski definition) is 7. The van der Waals surface area contributed by atoms with Crippen molar-refractivity contribution in [3.05, 3.63) is 58.3 Å². The van der Waals surface area contributed by atoms with E-state index in [1.54, 1.807) is 6.07 Å². The van der Waals surface area contributed by atoms with Gasteiger partial charge in [-0.25, -0.2) is 15.0 Å². The Hall–Kier alpha value is -2.45. The van der Waals surface area contributed by atoms with Gasteiger partial charge in [-0.05, 0) is 68.9 Å². The van der Waals surface area contributed by atoms with E-state index in [0.717, 1.165) is 80.9 Å². The lowest BCUT2D eigenvalue weighted by Gasteiger charge is -2.32. The molecule has 1 aliphatic heterocycles. The summed E-state index contributed by atoms with van der Waals surface area (Å²) >= 11 is 12.6. The number of rotatable bonds is 11. The molecule has 0 saturated carbocycles. The maximum absolute atomic E-state index is 6.32. The number of anilines is 3. The van der Waals surface area contributed by atoms with Crippen molar-refractivity contribution in [3.8, 4) is 11.3 Å². The summed E-state index contributed by atoms with van der Waals surface area (Å²) in [7, 11) is 2.14. The Bertz CT molecular complexity index is 1130. The second-order valence-electron chi connectivity index (χ2n) is 9.72. The van der Waals surface area contributed by atoms with Crippen molar-refractivity contribution in [2.45, 2.75) is 39.7 Å². The highest BCUT2D eigenvalue weighted by Crippen LogP contribution is 2.29. The van der Waals surface area contributed by atoms with Crippen LogP contribution in [-0.4, -0.2) is 71.1 Å². The number of aromatic nitrogens is 3. The van der Waals surface area contributed by atoms with Gasteiger partial charge in [0.25, 0.3) is 0 Å². The number of piperazine rings is 1. The van der Waals surface area contributed by atoms with E-state index in [1.807, 2.05) is 24.5 Å². The van der Waals surface area contributed by atoms with Gasteiger partial charge in [0.1, 0.15) is 5.82 Å². The minimum Gasteiger partial charge on any atom is -0.338 e. The summed E-state index contributed by atoms with van der Waals surface area (Å²) in [4.78, 5) is 21.2. The van der Waals surface area contributed by atoms with Gasteiger partial charge in [0, 0.05) is 48.3 Å². The molecule has 2 aromatic heterocycles. The van der Waals surface area contributed by atoms with Crippen molar-refractivity contribution in [2.24, 2.45) is 0 Å². The smallest absolute Gasteiger partial charge is 0.225 e. The highest BCUT2D eigenvalue weighted by Gasteiger charge is 2.16. The largest absolute Gasteiger partial charge is 0.338 e. The summed E-state index contributed by atoms with van der Waals surface area (Å²) in [6, 6.07) is 9.78. The number of halogens is 2. The Kier molecular flexibility index (Phi) is 9.97. The SMILES string of the molecule is CCCCN(CCC)Cc1cc(Nc2cnc(N3CCN(C)CC3)nc2)nc(-c2cc(Cl)cc(Cl)c2)c1. The van der Waals surface area contributed by atoms with Gasteiger partial charge in [-0.2, -0.15) is 0 Å². The van der Waals surface area contributed by atoms with Gasteiger partial charge in [-0.1, -0.05) is 43.5 Å². The van der Waals surface area contributed by atoms with E-state index < -0.39 is 0 Å². The molecule has 0 bridgehead atoms. The molecule has 1 aromatic carbocycles. The van der Waals surface area contributed by atoms with Crippen molar-refractivity contribution >= 4 is 40.7 Å². The molecule has 1 fully saturated rings. The van der Waals surface area contributed by atoms with Crippen LogP contribution in [0.5, 0.6) is 0 Å². The number of hydrogen-bond donors (Lipinski definition) is 1. The lowest BCUT2D eigenvalue weighted by molar-refractivity contribution is 0.262. The summed E-state index contributed by atoms with van der Waals surface area (Å²) in [5, 5.41) is 4.60. The molecule has 1 N–H and O–H groups in total. The minimum absolute atomic E-state index is 0.590. The topological polar surface area (TPSA) is 60.4 Å². The summed E-state index contributed by atoms with van der Waals surface area (Å²) in [5.74, 6) is 1.51. The minimum atomic E-state index is 0.590. The number of unbranched alkanes of at least 4 members (excludes halogenated alkanes) is 1. The molecule has 9 heteroatoms. The summed E-state index contributed by atoms with van der Waals surface area (Å²) < 4.78 is 0. The van der Waals surface area contributed by atoms with Crippen LogP contribution in [0.2, 0.25) is 10.0 Å². The predicted molar refractivity (Wildman–Crippen MR) is 155 cm³/mol. The fourth-order valence-corrected chi connectivity index (χ4v) is 5.05. The lowest BCUT2D eigenvalue weighted by atomic mass is 10.1. The predicted octanol–water partition coefficient (Wildman–Crippen LogP) is 6.35. The van der Waals surface area contributed by atoms with E-state index in [1.165, 1.54) is 18.4 Å². The van der Waals surface area contributed by atoms with Crippen molar-refractivity contribution in [1.82, 2.24) is 24.8 Å². The van der Waals surface area contributed by atoms with Gasteiger partial charge >= 0.3 is 0 Å². The average Bonchev–Trinajstić information content (AvgIpc) is 2.88. The van der Waals surface area contributed by atoms with E-state index in [0.29, 0.717) is 10.0 Å². The van der Waals surface area contributed by atoms with Crippen LogP contribution in [-0.2, 0) is 6.54 Å². The molecular formula is C28H37Cl2N7. The molecule has 0 atom stereocenters. The Balaban J connectivity index is 1.59. The fraction of sp³-hybridized carbons (Fsp3) is 0.464. The molecule has 3 heterocycles. The van der Waals surface area contributed by atoms with Crippen LogP contribution in [0.4, 0.5) is 17.5 Å². The standard InChI is InChI=1S/C28H37Cl2N7/c1-4-6-8-36(7-5-2)20-21-13-26(22-15-23(29)17-24(30)16-22)34-27(14-21)33-25-18-31-28(32-19-25)37-11-9-35(3)10-12-37/h13-19H,4-12,20H2,1-3H3,(H,33,34). The Morgan fingerprint density at radius 2 is 1.59 bits per heavy atom. The Morgan fingerprint density at radius 1 is 0.892 bits per heavy atom. The molecule has 4 rings (SSSR count). The first-order valence-corrected chi connectivity index (χ1v) is 13.9. The number of benzene rings is 1. The molecule has 0 unspecified atom stereocenters. The molecule has 7 nitrogen and oxygen atoms in total. The fourth-order valence-electron chi connectivity index (χ4n) is 4.52. The maximum atomic E-state index is 6.32. The van der Waals surface area contributed by atoms with E-state index in [4.69, 9.17) is 28.2 Å². The van der Waals surface area contributed by atoms with Crippen LogP contribution in [0, 0.1) is 0 Å². The Labute approximate surface area is 230 Å². The monoisotopic (exact) mass is 541 g/mol. The number of likely N-dealkylation sites (N-methyl/N-ethyl adjacent to an activating group) is 1. The first kappa shape index (κ1) is 27.6. The van der Waals surface area contributed by atoms with Gasteiger partial charge in [-0.3, -0.25) is 4.90 Å². The third kappa shape index (κ3) is 8.01. The normalized spacial score (nSPS) is 14.4. The number of pyridine rings is 1. The van der Waals surface area contributed by atoms with Crippen LogP contribution in [0.1, 0.15) is 38.7 Å². The zero-order chi connectivity index (χ0) is 26.2. The van der Waals surface area contributed by atoms with Crippen LogP contribution in [0.3, 0.4) is 0 Å². The molecule has 1 saturated heterocycles. The quantitative estimate of drug-likeness (QED) is 0.303. The summed E-state index contributed by atoms with van der Waals surface area (Å²) in [6.07, 6.45) is 7.14. The highest BCUT2D eigenvalue weighted by atomic mass is 35.5. The molecular weight excluding hydrogens is 505 g/mol. The van der Waals surface area contributed by atoms with E-state index in [9.17, 15) is 0 Å². The highest BCUT2D eigenvalue weighted by molar-refractivity contribution is 6.35. The molecule has 0 aliphatic carbocycles. The van der Waals surface area contributed by atoms with Gasteiger partial charge in [0.15, 0.2) is 0 Å². The molecule has 0 radical (unpaired) electrons. The Morgan fingerprint density at radius 3 is 2.24 bits per heavy atom. The maximum Gasteiger partial charge on any atom is 0.225 e. The van der Waals surface area contributed by atoms with Crippen molar-refractivity contribution in [3.63, 3.8) is 0 Å². The summed E-state index contributed by atoms with van der Waals surface area (Å²) in [6.45, 7) is 11.4. The van der Waals surface area contributed by atoms with Crippen molar-refractivity contribution < 1.29 is 0 Å². The lowest BCUT2D eigenvalue weighted by Crippen LogP contribution is -2.45. The van der Waals surface area contributed by atoms with E-state index in [2.05, 4.69) is 63.0 Å². The average molecular weight is 543 g/mol. The van der Waals surface area contributed by atoms with Gasteiger partial charge < -0.3 is 15.1 Å². The van der Waals surface area contributed by atoms with Gasteiger partial charge in [-0.15, -0.1) is 0 Å². The third-order valence-electron chi connectivity index (χ3n) is 6.51. The first-order valence-electron chi connectivity index (χ1n) is 13.2. The van der Waals surface area contributed by atoms with Crippen LogP contribution in [0.15, 0.2) is 42.7 Å². The zero-order valence-electron chi connectivity index (χ0n) is 22.1. The van der Waals surface area contributed by atoms with Gasteiger partial charge in [0.05, 0.1) is 23.8 Å². The number of nitrogens with zero attached hydrogens (tertiary/aromatic N) is 6. The molecule has 0 spiro atoms. The third-order valence-corrected chi connectivity index (χ3v) is 6.95. The van der Waals surface area contributed by atoms with Crippen molar-refractivity contribution in [1.29, 1.82) is 0 Å². The molecule has 1 aliphatic rings. The molecule has 3 aromatic rings. The first-order chi connectivity index (χ1) is 17.9. The molecule has 0 amide bonds.